The summed E-state index contributed by atoms with van der Waals surface area (Å²) in [7, 11) is -1.38. The first-order valence-corrected chi connectivity index (χ1v) is 9.28. The van der Waals surface area contributed by atoms with Crippen LogP contribution in [-0.2, 0) is 9.84 Å². The van der Waals surface area contributed by atoms with Gasteiger partial charge in [0.25, 0.3) is 5.91 Å². The number of aromatic nitrogens is 2. The van der Waals surface area contributed by atoms with Gasteiger partial charge >= 0.3 is 0 Å². The number of nitrogens with zero attached hydrogens (tertiary/aromatic N) is 3. The van der Waals surface area contributed by atoms with Gasteiger partial charge < -0.3 is 10.2 Å². The van der Waals surface area contributed by atoms with E-state index in [1.54, 1.807) is 7.05 Å². The minimum absolute atomic E-state index is 0.0345. The minimum atomic E-state index is -3.01. The fourth-order valence-corrected chi connectivity index (χ4v) is 4.13. The van der Waals surface area contributed by atoms with Crippen molar-refractivity contribution in [1.29, 1.82) is 0 Å². The van der Waals surface area contributed by atoms with Crippen LogP contribution in [0.1, 0.15) is 36.5 Å². The highest BCUT2D eigenvalue weighted by Gasteiger charge is 2.33. The summed E-state index contributed by atoms with van der Waals surface area (Å²) in [5.74, 6) is 0.428. The van der Waals surface area contributed by atoms with E-state index in [2.05, 4.69) is 22.2 Å². The predicted octanol–water partition coefficient (Wildman–Crippen LogP) is 0.948. The van der Waals surface area contributed by atoms with Gasteiger partial charge in [-0.3, -0.25) is 4.79 Å². The van der Waals surface area contributed by atoms with Crippen molar-refractivity contribution < 1.29 is 13.2 Å². The minimum Gasteiger partial charge on any atom is -0.354 e. The number of sulfone groups is 1. The van der Waals surface area contributed by atoms with Gasteiger partial charge in [0, 0.05) is 32.0 Å². The molecule has 0 bridgehead atoms. The molecule has 1 atom stereocenters. The van der Waals surface area contributed by atoms with Gasteiger partial charge in [-0.25, -0.2) is 18.4 Å². The van der Waals surface area contributed by atoms with E-state index in [1.165, 1.54) is 17.3 Å². The molecular formula is C14H22N4O3S. The Hall–Kier alpha value is -1.70. The van der Waals surface area contributed by atoms with E-state index in [4.69, 9.17) is 0 Å². The second kappa shape index (κ2) is 7.04. The molecule has 8 heteroatoms. The maximum atomic E-state index is 12.3. The molecule has 0 aliphatic carbocycles. The van der Waals surface area contributed by atoms with E-state index in [9.17, 15) is 13.2 Å². The lowest BCUT2D eigenvalue weighted by atomic mass is 10.2. The van der Waals surface area contributed by atoms with Gasteiger partial charge in [-0.05, 0) is 12.8 Å². The van der Waals surface area contributed by atoms with Crippen LogP contribution in [0, 0.1) is 0 Å². The summed E-state index contributed by atoms with van der Waals surface area (Å²) >= 11 is 0. The van der Waals surface area contributed by atoms with Gasteiger partial charge in [0.2, 0.25) is 5.95 Å². The van der Waals surface area contributed by atoms with Gasteiger partial charge in [0.15, 0.2) is 9.84 Å². The smallest absolute Gasteiger partial charge is 0.257 e. The van der Waals surface area contributed by atoms with Gasteiger partial charge in [-0.2, -0.15) is 0 Å². The van der Waals surface area contributed by atoms with Crippen molar-refractivity contribution in [3.05, 3.63) is 18.0 Å². The van der Waals surface area contributed by atoms with Crippen molar-refractivity contribution in [1.82, 2.24) is 14.9 Å². The third-order valence-corrected chi connectivity index (χ3v) is 5.54. The van der Waals surface area contributed by atoms with Crippen LogP contribution < -0.4 is 5.32 Å². The summed E-state index contributed by atoms with van der Waals surface area (Å²) in [4.78, 5) is 22.1. The Morgan fingerprint density at radius 1 is 1.41 bits per heavy atom. The van der Waals surface area contributed by atoms with Crippen molar-refractivity contribution in [2.75, 3.05) is 30.4 Å². The first kappa shape index (κ1) is 16.7. The Labute approximate surface area is 131 Å². The highest BCUT2D eigenvalue weighted by Crippen LogP contribution is 2.18. The normalized spacial score (nSPS) is 19.8. The zero-order chi connectivity index (χ0) is 16.2. The van der Waals surface area contributed by atoms with Crippen LogP contribution in [0.4, 0.5) is 5.95 Å². The fraction of sp³-hybridized carbons (Fsp3) is 0.643. The van der Waals surface area contributed by atoms with Crippen LogP contribution >= 0.6 is 0 Å². The van der Waals surface area contributed by atoms with E-state index in [0.29, 0.717) is 17.9 Å². The average Bonchev–Trinajstić information content (AvgIpc) is 2.87. The number of unbranched alkanes of at least 4 members (excludes halogenated alkanes) is 1. The summed E-state index contributed by atoms with van der Waals surface area (Å²) < 4.78 is 23.0. The molecular weight excluding hydrogens is 304 g/mol. The number of anilines is 1. The maximum absolute atomic E-state index is 12.3. The maximum Gasteiger partial charge on any atom is 0.257 e. The number of hydrogen-bond donors (Lipinski definition) is 1. The Morgan fingerprint density at radius 3 is 2.64 bits per heavy atom. The molecule has 2 heterocycles. The van der Waals surface area contributed by atoms with Crippen LogP contribution in [0.3, 0.4) is 0 Å². The number of carbonyl (C=O) groups is 1. The topological polar surface area (TPSA) is 92.3 Å². The summed E-state index contributed by atoms with van der Waals surface area (Å²) in [6.45, 7) is 2.90. The van der Waals surface area contributed by atoms with Crippen LogP contribution in [0.2, 0.25) is 0 Å². The Morgan fingerprint density at radius 2 is 2.09 bits per heavy atom. The number of rotatable bonds is 6. The molecule has 0 radical (unpaired) electrons. The Balaban J connectivity index is 1.97. The lowest BCUT2D eigenvalue weighted by Crippen LogP contribution is -2.37. The molecule has 0 aromatic carbocycles. The number of amides is 1. The van der Waals surface area contributed by atoms with E-state index in [-0.39, 0.29) is 23.5 Å². The first-order chi connectivity index (χ1) is 10.4. The van der Waals surface area contributed by atoms with E-state index < -0.39 is 9.84 Å². The zero-order valence-corrected chi connectivity index (χ0v) is 13.8. The molecule has 1 unspecified atom stereocenters. The van der Waals surface area contributed by atoms with Crippen molar-refractivity contribution in [3.63, 3.8) is 0 Å². The molecule has 1 aliphatic rings. The summed E-state index contributed by atoms with van der Waals surface area (Å²) in [6.07, 6.45) is 5.55. The lowest BCUT2D eigenvalue weighted by molar-refractivity contribution is 0.0747. The Bertz CT molecular complexity index is 615. The zero-order valence-electron chi connectivity index (χ0n) is 12.9. The average molecular weight is 326 g/mol. The van der Waals surface area contributed by atoms with Crippen molar-refractivity contribution in [2.24, 2.45) is 0 Å². The van der Waals surface area contributed by atoms with Crippen molar-refractivity contribution in [3.8, 4) is 0 Å². The number of nitrogens with one attached hydrogen (secondary N) is 1. The van der Waals surface area contributed by atoms with E-state index in [1.807, 2.05) is 0 Å². The summed E-state index contributed by atoms with van der Waals surface area (Å²) in [5.41, 5.74) is 0.368. The highest BCUT2D eigenvalue weighted by atomic mass is 32.2. The second-order valence-corrected chi connectivity index (χ2v) is 7.78. The monoisotopic (exact) mass is 326 g/mol. The van der Waals surface area contributed by atoms with Crippen LogP contribution in [0.15, 0.2) is 12.4 Å². The van der Waals surface area contributed by atoms with Crippen LogP contribution in [0.5, 0.6) is 0 Å². The molecule has 1 saturated heterocycles. The quantitative estimate of drug-likeness (QED) is 0.782. The molecule has 122 valence electrons. The van der Waals surface area contributed by atoms with Crippen molar-refractivity contribution >= 4 is 21.7 Å². The molecule has 1 aromatic rings. The van der Waals surface area contributed by atoms with Crippen LogP contribution in [0.25, 0.3) is 0 Å². The molecule has 1 aliphatic heterocycles. The van der Waals surface area contributed by atoms with Gasteiger partial charge in [0.05, 0.1) is 17.1 Å². The fourth-order valence-electron chi connectivity index (χ4n) is 2.36. The van der Waals surface area contributed by atoms with E-state index >= 15 is 0 Å². The highest BCUT2D eigenvalue weighted by molar-refractivity contribution is 7.91. The molecule has 1 aromatic heterocycles. The number of carbonyl (C=O) groups excluding carboxylic acids is 1. The molecule has 1 fully saturated rings. The lowest BCUT2D eigenvalue weighted by Gasteiger charge is -2.23. The molecule has 0 spiro atoms. The third-order valence-electron chi connectivity index (χ3n) is 3.79. The first-order valence-electron chi connectivity index (χ1n) is 7.46. The Kier molecular flexibility index (Phi) is 5.33. The summed E-state index contributed by atoms with van der Waals surface area (Å²) in [6, 6.07) is -0.264. The largest absolute Gasteiger partial charge is 0.354 e. The molecule has 22 heavy (non-hydrogen) atoms. The summed E-state index contributed by atoms with van der Waals surface area (Å²) in [5, 5.41) is 3.08. The van der Waals surface area contributed by atoms with Gasteiger partial charge in [-0.15, -0.1) is 0 Å². The van der Waals surface area contributed by atoms with Crippen LogP contribution in [-0.4, -0.2) is 60.3 Å². The van der Waals surface area contributed by atoms with E-state index in [0.717, 1.165) is 19.4 Å². The molecule has 0 saturated carbocycles. The second-order valence-electron chi connectivity index (χ2n) is 5.55. The molecule has 2 rings (SSSR count). The predicted molar refractivity (Wildman–Crippen MR) is 84.6 cm³/mol. The SMILES string of the molecule is CCCCNc1ncc(C(=O)N(C)C2CCS(=O)(=O)C2)cn1. The van der Waals surface area contributed by atoms with Gasteiger partial charge in [0.1, 0.15) is 0 Å². The van der Waals surface area contributed by atoms with Gasteiger partial charge in [-0.1, -0.05) is 13.3 Å². The molecule has 1 amide bonds. The van der Waals surface area contributed by atoms with Crippen molar-refractivity contribution in [2.45, 2.75) is 32.2 Å². The number of hydrogen-bond acceptors (Lipinski definition) is 6. The molecule has 7 nitrogen and oxygen atoms in total. The molecule has 1 N–H and O–H groups in total. The third kappa shape index (κ3) is 4.16. The standard InChI is InChI=1S/C14H22N4O3S/c1-3-4-6-15-14-16-8-11(9-17-14)13(19)18(2)12-5-7-22(20,21)10-12/h8-9,12H,3-7,10H2,1-2H3,(H,15,16,17).